The summed E-state index contributed by atoms with van der Waals surface area (Å²) in [4.78, 5) is 13.8. The van der Waals surface area contributed by atoms with Gasteiger partial charge in [-0.25, -0.2) is 8.78 Å². The fourth-order valence-electron chi connectivity index (χ4n) is 7.63. The minimum absolute atomic E-state index is 0.0295. The summed E-state index contributed by atoms with van der Waals surface area (Å²) in [7, 11) is 0. The molecule has 2 fully saturated rings. The summed E-state index contributed by atoms with van der Waals surface area (Å²) in [6.45, 7) is 4.69. The fourth-order valence-corrected chi connectivity index (χ4v) is 7.90. The summed E-state index contributed by atoms with van der Waals surface area (Å²) in [5.41, 5.74) is 8.00. The molecule has 6 atom stereocenters. The fraction of sp³-hybridized carbons (Fsp3) is 0.433. The van der Waals surface area contributed by atoms with E-state index >= 15 is 8.78 Å². The van der Waals surface area contributed by atoms with Crippen LogP contribution < -0.4 is 21.1 Å². The smallest absolute Gasteiger partial charge is 0.256 e. The Hall–Kier alpha value is -2.74. The number of hydrogen-bond acceptors (Lipinski definition) is 4. The number of allylic oxidation sites excluding steroid dienone is 1. The molecule has 38 heavy (non-hydrogen) atoms. The minimum Gasteiger partial charge on any atom is -0.480 e. The molecular formula is C30H30ClF2N3O2. The third-order valence-corrected chi connectivity index (χ3v) is 9.91. The van der Waals surface area contributed by atoms with Crippen molar-refractivity contribution in [1.82, 2.24) is 5.32 Å². The number of halogens is 3. The van der Waals surface area contributed by atoms with E-state index in [9.17, 15) is 4.79 Å². The van der Waals surface area contributed by atoms with Gasteiger partial charge in [-0.05, 0) is 61.1 Å². The van der Waals surface area contributed by atoms with E-state index in [0.29, 0.717) is 35.4 Å². The van der Waals surface area contributed by atoms with E-state index in [2.05, 4.69) is 10.6 Å². The number of hydrogen-bond donors (Lipinski definition) is 3. The summed E-state index contributed by atoms with van der Waals surface area (Å²) in [6, 6.07) is 8.44. The van der Waals surface area contributed by atoms with Crippen molar-refractivity contribution >= 4 is 28.8 Å². The van der Waals surface area contributed by atoms with Crippen LogP contribution in [0.1, 0.15) is 49.8 Å². The van der Waals surface area contributed by atoms with E-state index in [1.807, 2.05) is 38.1 Å². The molecule has 7 rings (SSSR count). The molecule has 4 unspecified atom stereocenters. The number of carbonyl (C=O) groups excluding carboxylic acids is 1. The second kappa shape index (κ2) is 8.13. The minimum atomic E-state index is -1.61. The van der Waals surface area contributed by atoms with Crippen LogP contribution in [0.3, 0.4) is 0 Å². The number of nitrogens with two attached hydrogens (primary N) is 1. The first-order valence-corrected chi connectivity index (χ1v) is 13.7. The molecule has 2 aliphatic carbocycles. The quantitative estimate of drug-likeness (QED) is 0.454. The lowest BCUT2D eigenvalue weighted by molar-refractivity contribution is -0.112. The Balaban J connectivity index is 1.55. The molecule has 0 radical (unpaired) electrons. The van der Waals surface area contributed by atoms with Gasteiger partial charge in [0.2, 0.25) is 0 Å². The third-order valence-electron chi connectivity index (χ3n) is 9.54. The molecule has 3 aliphatic heterocycles. The van der Waals surface area contributed by atoms with Crippen LogP contribution in [0.25, 0.3) is 5.57 Å². The predicted molar refractivity (Wildman–Crippen MR) is 143 cm³/mol. The van der Waals surface area contributed by atoms with Gasteiger partial charge in [-0.15, -0.1) is 0 Å². The van der Waals surface area contributed by atoms with Crippen LogP contribution in [0.5, 0.6) is 5.75 Å². The zero-order valence-corrected chi connectivity index (χ0v) is 22.1. The Labute approximate surface area is 225 Å². The van der Waals surface area contributed by atoms with Crippen LogP contribution in [-0.4, -0.2) is 30.7 Å². The second-order valence-electron chi connectivity index (χ2n) is 11.8. The van der Waals surface area contributed by atoms with Gasteiger partial charge in [0.15, 0.2) is 5.60 Å². The number of carbonyl (C=O) groups is 1. The van der Waals surface area contributed by atoms with E-state index in [4.69, 9.17) is 22.1 Å². The van der Waals surface area contributed by atoms with E-state index in [1.54, 1.807) is 6.08 Å². The van der Waals surface area contributed by atoms with Gasteiger partial charge >= 0.3 is 0 Å². The molecule has 5 aliphatic rings. The van der Waals surface area contributed by atoms with Crippen LogP contribution in [0, 0.1) is 17.2 Å². The highest BCUT2D eigenvalue weighted by atomic mass is 35.5. The number of rotatable bonds is 1. The molecule has 1 saturated carbocycles. The summed E-state index contributed by atoms with van der Waals surface area (Å²) in [5, 5.41) is 6.35. The predicted octanol–water partition coefficient (Wildman–Crippen LogP) is 5.42. The molecular weight excluding hydrogens is 508 g/mol. The number of benzene rings is 2. The summed E-state index contributed by atoms with van der Waals surface area (Å²) in [6.07, 6.45) is 2.87. The van der Waals surface area contributed by atoms with Crippen molar-refractivity contribution in [3.63, 3.8) is 0 Å². The number of anilines is 1. The van der Waals surface area contributed by atoms with Crippen LogP contribution >= 0.6 is 11.6 Å². The van der Waals surface area contributed by atoms with Crippen molar-refractivity contribution < 1.29 is 18.3 Å². The van der Waals surface area contributed by atoms with Crippen molar-refractivity contribution in [3.05, 3.63) is 75.1 Å². The van der Waals surface area contributed by atoms with Gasteiger partial charge in [0, 0.05) is 51.9 Å². The van der Waals surface area contributed by atoms with Crippen molar-refractivity contribution in [2.75, 3.05) is 11.9 Å². The van der Waals surface area contributed by atoms with Gasteiger partial charge in [-0.1, -0.05) is 37.6 Å². The van der Waals surface area contributed by atoms with Gasteiger partial charge < -0.3 is 21.1 Å². The maximum Gasteiger partial charge on any atom is 0.256 e. The zero-order chi connectivity index (χ0) is 26.6. The van der Waals surface area contributed by atoms with Crippen molar-refractivity contribution in [2.24, 2.45) is 17.1 Å². The number of fused-ring (bicyclic) bond motifs is 6. The molecule has 4 bridgehead atoms. The first-order chi connectivity index (χ1) is 18.1. The van der Waals surface area contributed by atoms with Crippen LogP contribution in [0.2, 0.25) is 5.02 Å². The van der Waals surface area contributed by atoms with Gasteiger partial charge in [0.05, 0.1) is 11.1 Å². The van der Waals surface area contributed by atoms with E-state index < -0.39 is 28.9 Å². The zero-order valence-electron chi connectivity index (χ0n) is 21.3. The lowest BCUT2D eigenvalue weighted by Crippen LogP contribution is -2.49. The highest BCUT2D eigenvalue weighted by molar-refractivity contribution is 6.33. The lowest BCUT2D eigenvalue weighted by atomic mass is 9.68. The molecule has 2 aromatic carbocycles. The molecule has 1 amide bonds. The molecule has 0 spiro atoms. The molecule has 2 aromatic rings. The summed E-state index contributed by atoms with van der Waals surface area (Å²) < 4.78 is 39.2. The number of nitrogens with one attached hydrogen (secondary N) is 2. The van der Waals surface area contributed by atoms with Crippen molar-refractivity contribution in [1.29, 1.82) is 0 Å². The van der Waals surface area contributed by atoms with Gasteiger partial charge in [-0.3, -0.25) is 4.79 Å². The normalized spacial score (nSPS) is 35.2. The summed E-state index contributed by atoms with van der Waals surface area (Å²) in [5.74, 6) is -0.793. The SMILES string of the molecule is CC1CC2(C)C(=CC3=C(c4c(Cl)c(F)cc5c4C[C@]([C@@H]4CCCN4)(O5)c4cccc(c4)NC3=O)C2F)C1N. The van der Waals surface area contributed by atoms with Gasteiger partial charge in [0.25, 0.3) is 5.91 Å². The highest BCUT2D eigenvalue weighted by Gasteiger charge is 2.55. The van der Waals surface area contributed by atoms with Crippen molar-refractivity contribution in [3.8, 4) is 5.75 Å². The Morgan fingerprint density at radius 2 is 2.08 bits per heavy atom. The van der Waals surface area contributed by atoms with E-state index in [-0.39, 0.29) is 39.7 Å². The average Bonchev–Trinajstić information content (AvgIpc) is 3.60. The highest BCUT2D eigenvalue weighted by Crippen LogP contribution is 2.58. The maximum atomic E-state index is 17.0. The standard InChI is InChI=1S/C30H30ClF2N3O2/c1-14-12-29(2)19(26(14)34)10-17-24(27(29)33)23-18-13-30(22-7-4-8-35-22,38-21(18)11-20(32)25(23)31)15-5-3-6-16(9-15)36-28(17)37/h3,5-6,9-11,14,22,26-27,35H,4,7-8,12-13,34H2,1-2H3,(H,36,37)/t14?,22-,26?,27?,29?,30-/m0/s1. The Kier molecular flexibility index (Phi) is 5.20. The van der Waals surface area contributed by atoms with Crippen LogP contribution in [0.15, 0.2) is 47.6 Å². The van der Waals surface area contributed by atoms with Crippen LogP contribution in [-0.2, 0) is 16.8 Å². The monoisotopic (exact) mass is 537 g/mol. The molecule has 3 heterocycles. The van der Waals surface area contributed by atoms with Gasteiger partial charge in [0.1, 0.15) is 17.7 Å². The second-order valence-corrected chi connectivity index (χ2v) is 12.2. The van der Waals surface area contributed by atoms with E-state index in [1.165, 1.54) is 6.07 Å². The largest absolute Gasteiger partial charge is 0.480 e. The van der Waals surface area contributed by atoms with Gasteiger partial charge in [-0.2, -0.15) is 0 Å². The maximum absolute atomic E-state index is 17.0. The van der Waals surface area contributed by atoms with Crippen LogP contribution in [0.4, 0.5) is 14.5 Å². The molecule has 8 heteroatoms. The third kappa shape index (κ3) is 3.12. The number of alkyl halides is 1. The average molecular weight is 538 g/mol. The molecule has 4 N–H and O–H groups in total. The molecule has 0 aromatic heterocycles. The van der Waals surface area contributed by atoms with Crippen molar-refractivity contribution in [2.45, 2.75) is 63.4 Å². The molecule has 1 saturated heterocycles. The van der Waals surface area contributed by atoms with E-state index in [0.717, 1.165) is 24.9 Å². The lowest BCUT2D eigenvalue weighted by Gasteiger charge is -2.37. The molecule has 198 valence electrons. The first-order valence-electron chi connectivity index (χ1n) is 13.4. The number of amides is 1. The Morgan fingerprint density at radius 3 is 2.84 bits per heavy atom. The Morgan fingerprint density at radius 1 is 1.26 bits per heavy atom. The number of ether oxygens (including phenoxy) is 1. The first kappa shape index (κ1) is 24.3. The topological polar surface area (TPSA) is 76.4 Å². The summed E-state index contributed by atoms with van der Waals surface area (Å²) >= 11 is 6.69. The molecule has 5 nitrogen and oxygen atoms in total. The Bertz CT molecular complexity index is 1470.